The van der Waals surface area contributed by atoms with E-state index < -0.39 is 11.6 Å². The molecule has 0 spiro atoms. The summed E-state index contributed by atoms with van der Waals surface area (Å²) >= 11 is 0. The van der Waals surface area contributed by atoms with Crippen molar-refractivity contribution in [1.29, 1.82) is 0 Å². The Kier molecular flexibility index (Phi) is 4.41. The Hall–Kier alpha value is -2.24. The van der Waals surface area contributed by atoms with Gasteiger partial charge in [-0.2, -0.15) is 0 Å². The highest BCUT2D eigenvalue weighted by atomic mass is 19.1. The zero-order chi connectivity index (χ0) is 16.4. The molecule has 1 N–H and O–H groups in total. The highest BCUT2D eigenvalue weighted by molar-refractivity contribution is 5.76. The van der Waals surface area contributed by atoms with Crippen LogP contribution < -0.4 is 5.32 Å². The van der Waals surface area contributed by atoms with E-state index >= 15 is 0 Å². The fourth-order valence-electron chi connectivity index (χ4n) is 2.54. The molecule has 1 amide bonds. The van der Waals surface area contributed by atoms with E-state index in [9.17, 15) is 13.6 Å². The molecule has 122 valence electrons. The van der Waals surface area contributed by atoms with E-state index in [2.05, 4.69) is 10.3 Å². The van der Waals surface area contributed by atoms with Crippen molar-refractivity contribution in [1.82, 2.24) is 10.3 Å². The van der Waals surface area contributed by atoms with Gasteiger partial charge in [0.15, 0.2) is 11.7 Å². The van der Waals surface area contributed by atoms with Crippen molar-refractivity contribution in [2.24, 2.45) is 5.92 Å². The van der Waals surface area contributed by atoms with Gasteiger partial charge in [-0.15, -0.1) is 0 Å². The second kappa shape index (κ2) is 6.48. The van der Waals surface area contributed by atoms with E-state index in [1.807, 2.05) is 6.92 Å². The van der Waals surface area contributed by atoms with Crippen LogP contribution in [0, 0.1) is 17.6 Å². The monoisotopic (exact) mass is 320 g/mol. The number of amides is 1. The zero-order valence-electron chi connectivity index (χ0n) is 12.8. The largest absolute Gasteiger partial charge is 0.441 e. The molecule has 0 radical (unpaired) electrons. The maximum atomic E-state index is 13.7. The number of hydrogen-bond acceptors (Lipinski definition) is 3. The molecule has 1 saturated carbocycles. The van der Waals surface area contributed by atoms with Gasteiger partial charge in [-0.05, 0) is 37.8 Å². The van der Waals surface area contributed by atoms with Crippen molar-refractivity contribution in [3.8, 4) is 11.3 Å². The van der Waals surface area contributed by atoms with Crippen LogP contribution >= 0.6 is 0 Å². The van der Waals surface area contributed by atoms with Gasteiger partial charge in [-0.25, -0.2) is 13.8 Å². The van der Waals surface area contributed by atoms with Gasteiger partial charge in [0.05, 0.1) is 11.8 Å². The van der Waals surface area contributed by atoms with Crippen molar-refractivity contribution >= 4 is 5.91 Å². The van der Waals surface area contributed by atoms with Crippen molar-refractivity contribution in [3.05, 3.63) is 41.9 Å². The number of nitrogens with zero attached hydrogens (tertiary/aromatic N) is 1. The molecule has 1 aliphatic rings. The lowest BCUT2D eigenvalue weighted by atomic mass is 10.1. The Labute approximate surface area is 132 Å². The molecule has 0 aliphatic heterocycles. The second-order valence-corrected chi connectivity index (χ2v) is 5.91. The molecule has 1 aromatic carbocycles. The summed E-state index contributed by atoms with van der Waals surface area (Å²) < 4.78 is 32.8. The average Bonchev–Trinajstić information content (AvgIpc) is 3.26. The van der Waals surface area contributed by atoms with Crippen LogP contribution in [0.15, 0.2) is 28.8 Å². The number of oxazole rings is 1. The number of carbonyl (C=O) groups excluding carboxylic acids is 1. The van der Waals surface area contributed by atoms with Crippen LogP contribution in [0.3, 0.4) is 0 Å². The quantitative estimate of drug-likeness (QED) is 0.887. The number of hydrogen-bond donors (Lipinski definition) is 1. The van der Waals surface area contributed by atoms with Crippen LogP contribution in [0.25, 0.3) is 11.3 Å². The third kappa shape index (κ3) is 3.75. The molecule has 1 atom stereocenters. The molecule has 23 heavy (non-hydrogen) atoms. The van der Waals surface area contributed by atoms with Crippen LogP contribution in [-0.4, -0.2) is 16.9 Å². The zero-order valence-corrected chi connectivity index (χ0v) is 12.8. The molecule has 0 saturated heterocycles. The van der Waals surface area contributed by atoms with Gasteiger partial charge in [-0.1, -0.05) is 6.07 Å². The summed E-state index contributed by atoms with van der Waals surface area (Å²) in [6, 6.07) is 3.80. The fraction of sp³-hybridized carbons (Fsp3) is 0.412. The molecule has 4 nitrogen and oxygen atoms in total. The minimum atomic E-state index is -0.705. The maximum absolute atomic E-state index is 13.7. The van der Waals surface area contributed by atoms with Gasteiger partial charge in [0, 0.05) is 18.9 Å². The lowest BCUT2D eigenvalue weighted by Gasteiger charge is -2.11. The third-order valence-corrected chi connectivity index (χ3v) is 4.05. The Bertz CT molecular complexity index is 690. The summed E-state index contributed by atoms with van der Waals surface area (Å²) in [6.07, 6.45) is 4.13. The molecular formula is C17H18F2N2O2. The van der Waals surface area contributed by atoms with E-state index in [1.165, 1.54) is 25.1 Å². The highest BCUT2D eigenvalue weighted by Crippen LogP contribution is 2.32. The van der Waals surface area contributed by atoms with Crippen molar-refractivity contribution in [2.45, 2.75) is 38.6 Å². The van der Waals surface area contributed by atoms with Gasteiger partial charge < -0.3 is 9.73 Å². The van der Waals surface area contributed by atoms with E-state index in [-0.39, 0.29) is 35.6 Å². The molecule has 1 fully saturated rings. The van der Waals surface area contributed by atoms with Crippen molar-refractivity contribution in [3.63, 3.8) is 0 Å². The molecule has 0 bridgehead atoms. The number of rotatable bonds is 6. The summed E-state index contributed by atoms with van der Waals surface area (Å²) in [5, 5.41) is 2.94. The lowest BCUT2D eigenvalue weighted by molar-refractivity contribution is -0.121. The van der Waals surface area contributed by atoms with E-state index in [0.717, 1.165) is 12.1 Å². The minimum Gasteiger partial charge on any atom is -0.441 e. The van der Waals surface area contributed by atoms with Crippen molar-refractivity contribution in [2.75, 3.05) is 0 Å². The van der Waals surface area contributed by atoms with Crippen molar-refractivity contribution < 1.29 is 18.0 Å². The standard InChI is InChI=1S/C17H18F2N2O2/c1-10(11-5-6-11)21-15(22)7-8-16-20-9-14(23-16)17-12(18)3-2-4-13(17)19/h2-4,9-11H,5-8H2,1H3,(H,21,22)/t10-/m1/s1. The number of nitrogens with one attached hydrogen (secondary N) is 1. The molecule has 1 heterocycles. The van der Waals surface area contributed by atoms with Gasteiger partial charge >= 0.3 is 0 Å². The van der Waals surface area contributed by atoms with Gasteiger partial charge in [-0.3, -0.25) is 4.79 Å². The van der Waals surface area contributed by atoms with E-state index in [1.54, 1.807) is 0 Å². The number of carbonyl (C=O) groups is 1. The molecule has 0 unspecified atom stereocenters. The first-order chi connectivity index (χ1) is 11.0. The summed E-state index contributed by atoms with van der Waals surface area (Å²) in [7, 11) is 0. The highest BCUT2D eigenvalue weighted by Gasteiger charge is 2.28. The molecule has 2 aromatic rings. The van der Waals surface area contributed by atoms with Crippen LogP contribution in [-0.2, 0) is 11.2 Å². The van der Waals surface area contributed by atoms with E-state index in [0.29, 0.717) is 12.3 Å². The Morgan fingerprint density at radius 1 is 1.39 bits per heavy atom. The smallest absolute Gasteiger partial charge is 0.220 e. The third-order valence-electron chi connectivity index (χ3n) is 4.05. The first kappa shape index (κ1) is 15.6. The molecule has 3 rings (SSSR count). The average molecular weight is 320 g/mol. The summed E-state index contributed by atoms with van der Waals surface area (Å²) in [5.74, 6) is -0.566. The predicted octanol–water partition coefficient (Wildman–Crippen LogP) is 3.47. The summed E-state index contributed by atoms with van der Waals surface area (Å²) in [6.45, 7) is 2.00. The van der Waals surface area contributed by atoms with Gasteiger partial charge in [0.25, 0.3) is 0 Å². The SMILES string of the molecule is C[C@@H](NC(=O)CCc1ncc(-c2c(F)cccc2F)o1)C1CC1. The molecular weight excluding hydrogens is 302 g/mol. The predicted molar refractivity (Wildman–Crippen MR) is 80.5 cm³/mol. The molecule has 1 aromatic heterocycles. The summed E-state index contributed by atoms with van der Waals surface area (Å²) in [4.78, 5) is 15.8. The number of aryl methyl sites for hydroxylation is 1. The Morgan fingerprint density at radius 3 is 2.74 bits per heavy atom. The van der Waals surface area contributed by atoms with E-state index in [4.69, 9.17) is 4.42 Å². The number of benzene rings is 1. The topological polar surface area (TPSA) is 55.1 Å². The van der Waals surface area contributed by atoms with Crippen LogP contribution in [0.1, 0.15) is 32.1 Å². The van der Waals surface area contributed by atoms with Crippen LogP contribution in [0.2, 0.25) is 0 Å². The number of aromatic nitrogens is 1. The normalized spacial score (nSPS) is 15.4. The maximum Gasteiger partial charge on any atom is 0.220 e. The Balaban J connectivity index is 1.60. The number of halogens is 2. The molecule has 6 heteroatoms. The molecule has 1 aliphatic carbocycles. The van der Waals surface area contributed by atoms with Crippen LogP contribution in [0.5, 0.6) is 0 Å². The summed E-state index contributed by atoms with van der Waals surface area (Å²) in [5.41, 5.74) is -0.238. The first-order valence-electron chi connectivity index (χ1n) is 7.73. The van der Waals surface area contributed by atoms with Gasteiger partial charge in [0.1, 0.15) is 11.6 Å². The second-order valence-electron chi connectivity index (χ2n) is 5.91. The Morgan fingerprint density at radius 2 is 2.09 bits per heavy atom. The minimum absolute atomic E-state index is 0.0300. The lowest BCUT2D eigenvalue weighted by Crippen LogP contribution is -2.34. The van der Waals surface area contributed by atoms with Crippen LogP contribution in [0.4, 0.5) is 8.78 Å². The fourth-order valence-corrected chi connectivity index (χ4v) is 2.54. The van der Waals surface area contributed by atoms with Gasteiger partial charge in [0.2, 0.25) is 5.91 Å². The first-order valence-corrected chi connectivity index (χ1v) is 7.73.